The van der Waals surface area contributed by atoms with E-state index in [2.05, 4.69) is 34.3 Å². The predicted molar refractivity (Wildman–Crippen MR) is 72.1 cm³/mol. The first-order valence-electron chi connectivity index (χ1n) is 6.70. The summed E-state index contributed by atoms with van der Waals surface area (Å²) < 4.78 is 0. The number of nitrogens with one attached hydrogen (secondary N) is 1. The van der Waals surface area contributed by atoms with Crippen molar-refractivity contribution < 1.29 is 0 Å². The average Bonchev–Trinajstić information content (AvgIpc) is 3.19. The summed E-state index contributed by atoms with van der Waals surface area (Å²) >= 11 is 0. The van der Waals surface area contributed by atoms with Crippen molar-refractivity contribution in [1.29, 1.82) is 0 Å². The second-order valence-corrected chi connectivity index (χ2v) is 4.85. The van der Waals surface area contributed by atoms with E-state index in [0.29, 0.717) is 0 Å². The Morgan fingerprint density at radius 3 is 2.94 bits per heavy atom. The topological polar surface area (TPSA) is 28.2 Å². The van der Waals surface area contributed by atoms with Crippen LogP contribution >= 0.6 is 0 Å². The van der Waals surface area contributed by atoms with Crippen LogP contribution in [0.3, 0.4) is 0 Å². The first-order valence-corrected chi connectivity index (χ1v) is 6.70. The molecular weight excluding hydrogens is 210 g/mol. The Morgan fingerprint density at radius 1 is 1.47 bits per heavy atom. The first-order chi connectivity index (χ1) is 8.33. The molecule has 1 heterocycles. The molecule has 1 aromatic rings. The second-order valence-electron chi connectivity index (χ2n) is 4.85. The summed E-state index contributed by atoms with van der Waals surface area (Å²) in [5.41, 5.74) is 1.37. The van der Waals surface area contributed by atoms with E-state index in [1.807, 2.05) is 13.2 Å². The third-order valence-electron chi connectivity index (χ3n) is 3.33. The molecule has 0 radical (unpaired) electrons. The van der Waals surface area contributed by atoms with Crippen LogP contribution in [0.25, 0.3) is 0 Å². The molecule has 1 aliphatic rings. The van der Waals surface area contributed by atoms with Crippen LogP contribution in [-0.2, 0) is 6.54 Å². The van der Waals surface area contributed by atoms with Crippen molar-refractivity contribution in [3.8, 4) is 0 Å². The van der Waals surface area contributed by atoms with Gasteiger partial charge in [0, 0.05) is 25.8 Å². The maximum atomic E-state index is 4.26. The van der Waals surface area contributed by atoms with Gasteiger partial charge in [-0.15, -0.1) is 0 Å². The molecule has 3 nitrogen and oxygen atoms in total. The lowest BCUT2D eigenvalue weighted by atomic mass is 10.2. The number of hydrogen-bond donors (Lipinski definition) is 1. The summed E-state index contributed by atoms with van der Waals surface area (Å²) in [4.78, 5) is 6.88. The molecule has 2 rings (SSSR count). The van der Waals surface area contributed by atoms with E-state index in [1.165, 1.54) is 37.8 Å². The number of hydrogen-bond acceptors (Lipinski definition) is 3. The van der Waals surface area contributed by atoms with Crippen molar-refractivity contribution in [3.63, 3.8) is 0 Å². The smallest absolute Gasteiger partial charge is 0.125 e. The van der Waals surface area contributed by atoms with Crippen LogP contribution in [0.1, 0.15) is 38.2 Å². The fourth-order valence-electron chi connectivity index (χ4n) is 2.14. The number of aromatic nitrogens is 1. The zero-order valence-electron chi connectivity index (χ0n) is 10.9. The van der Waals surface area contributed by atoms with Crippen LogP contribution in [0.5, 0.6) is 0 Å². The largest absolute Gasteiger partial charge is 0.373 e. The fraction of sp³-hybridized carbons (Fsp3) is 0.643. The minimum Gasteiger partial charge on any atom is -0.373 e. The van der Waals surface area contributed by atoms with Gasteiger partial charge in [0.25, 0.3) is 0 Å². The van der Waals surface area contributed by atoms with Gasteiger partial charge in [-0.05, 0) is 43.5 Å². The molecule has 1 aliphatic carbocycles. The minimum atomic E-state index is 0.841. The summed E-state index contributed by atoms with van der Waals surface area (Å²) in [5, 5.41) is 3.10. The van der Waals surface area contributed by atoms with Crippen LogP contribution in [0.4, 0.5) is 5.82 Å². The maximum absolute atomic E-state index is 4.26. The summed E-state index contributed by atoms with van der Waals surface area (Å²) in [7, 11) is 1.92. The van der Waals surface area contributed by atoms with Crippen LogP contribution in [0.15, 0.2) is 18.3 Å². The molecule has 1 N–H and O–H groups in total. The number of nitrogens with zero attached hydrogens (tertiary/aromatic N) is 2. The first kappa shape index (κ1) is 12.4. The van der Waals surface area contributed by atoms with Gasteiger partial charge in [0.15, 0.2) is 0 Å². The molecular formula is C14H23N3. The molecule has 0 bridgehead atoms. The molecule has 3 heteroatoms. The molecule has 17 heavy (non-hydrogen) atoms. The van der Waals surface area contributed by atoms with E-state index in [0.717, 1.165) is 18.4 Å². The van der Waals surface area contributed by atoms with Gasteiger partial charge < -0.3 is 5.32 Å². The zero-order valence-corrected chi connectivity index (χ0v) is 10.9. The highest BCUT2D eigenvalue weighted by atomic mass is 15.2. The Balaban J connectivity index is 1.95. The van der Waals surface area contributed by atoms with Gasteiger partial charge in [-0.25, -0.2) is 4.98 Å². The Kier molecular flexibility index (Phi) is 4.37. The Bertz CT molecular complexity index is 347. The molecule has 1 fully saturated rings. The molecule has 1 aromatic heterocycles. The highest BCUT2D eigenvalue weighted by molar-refractivity contribution is 5.36. The molecule has 0 spiro atoms. The van der Waals surface area contributed by atoms with E-state index in [1.54, 1.807) is 0 Å². The number of anilines is 1. The molecule has 94 valence electrons. The number of pyridine rings is 1. The zero-order chi connectivity index (χ0) is 12.1. The molecule has 0 amide bonds. The van der Waals surface area contributed by atoms with Crippen LogP contribution in [0.2, 0.25) is 0 Å². The van der Waals surface area contributed by atoms with Gasteiger partial charge in [0.05, 0.1) is 0 Å². The van der Waals surface area contributed by atoms with Gasteiger partial charge >= 0.3 is 0 Å². The van der Waals surface area contributed by atoms with Gasteiger partial charge in [-0.2, -0.15) is 0 Å². The highest BCUT2D eigenvalue weighted by Gasteiger charge is 2.28. The van der Waals surface area contributed by atoms with E-state index >= 15 is 0 Å². The standard InChI is InChI=1S/C14H23N3/c1-3-4-9-17(13-5-6-13)11-12-7-8-16-14(10-12)15-2/h7-8,10,13H,3-6,9,11H2,1-2H3,(H,15,16). The van der Waals surface area contributed by atoms with Gasteiger partial charge in [0.2, 0.25) is 0 Å². The number of rotatable bonds is 7. The van der Waals surface area contributed by atoms with Crippen LogP contribution in [-0.4, -0.2) is 29.5 Å². The monoisotopic (exact) mass is 233 g/mol. The molecule has 0 unspecified atom stereocenters. The van der Waals surface area contributed by atoms with Crippen molar-refractivity contribution in [3.05, 3.63) is 23.9 Å². The van der Waals surface area contributed by atoms with Gasteiger partial charge in [-0.1, -0.05) is 13.3 Å². The quantitative estimate of drug-likeness (QED) is 0.785. The predicted octanol–water partition coefficient (Wildman–Crippen LogP) is 2.89. The summed E-state index contributed by atoms with van der Waals surface area (Å²) in [6.45, 7) is 4.57. The van der Waals surface area contributed by atoms with Crippen molar-refractivity contribution in [2.75, 3.05) is 18.9 Å². The average molecular weight is 233 g/mol. The van der Waals surface area contributed by atoms with E-state index in [4.69, 9.17) is 0 Å². The van der Waals surface area contributed by atoms with Crippen LogP contribution in [0, 0.1) is 0 Å². The van der Waals surface area contributed by atoms with Crippen molar-refractivity contribution in [1.82, 2.24) is 9.88 Å². The van der Waals surface area contributed by atoms with Crippen molar-refractivity contribution in [2.45, 2.75) is 45.2 Å². The fourth-order valence-corrected chi connectivity index (χ4v) is 2.14. The maximum Gasteiger partial charge on any atom is 0.125 e. The number of unbranched alkanes of at least 4 members (excludes halogenated alkanes) is 1. The van der Waals surface area contributed by atoms with Crippen molar-refractivity contribution in [2.24, 2.45) is 0 Å². The molecule has 0 aromatic carbocycles. The second kappa shape index (κ2) is 6.01. The lowest BCUT2D eigenvalue weighted by molar-refractivity contribution is 0.250. The molecule has 0 atom stereocenters. The Morgan fingerprint density at radius 2 is 2.29 bits per heavy atom. The lowest BCUT2D eigenvalue weighted by Crippen LogP contribution is -2.26. The van der Waals surface area contributed by atoms with Crippen molar-refractivity contribution >= 4 is 5.82 Å². The Hall–Kier alpha value is -1.09. The van der Waals surface area contributed by atoms with E-state index < -0.39 is 0 Å². The minimum absolute atomic E-state index is 0.841. The summed E-state index contributed by atoms with van der Waals surface area (Å²) in [5.74, 6) is 0.966. The third-order valence-corrected chi connectivity index (χ3v) is 3.33. The molecule has 0 aliphatic heterocycles. The molecule has 1 saturated carbocycles. The Labute approximate surface area is 104 Å². The van der Waals surface area contributed by atoms with E-state index in [-0.39, 0.29) is 0 Å². The third kappa shape index (κ3) is 3.70. The highest BCUT2D eigenvalue weighted by Crippen LogP contribution is 2.28. The van der Waals surface area contributed by atoms with Gasteiger partial charge in [-0.3, -0.25) is 4.90 Å². The summed E-state index contributed by atoms with van der Waals surface area (Å²) in [6, 6.07) is 5.12. The normalized spacial score (nSPS) is 15.2. The lowest BCUT2D eigenvalue weighted by Gasteiger charge is -2.21. The van der Waals surface area contributed by atoms with Crippen LogP contribution < -0.4 is 5.32 Å². The summed E-state index contributed by atoms with van der Waals surface area (Å²) in [6.07, 6.45) is 7.25. The SMILES string of the molecule is CCCCN(Cc1ccnc(NC)c1)C1CC1. The van der Waals surface area contributed by atoms with Gasteiger partial charge in [0.1, 0.15) is 5.82 Å². The molecule has 0 saturated heterocycles. The van der Waals surface area contributed by atoms with E-state index in [9.17, 15) is 0 Å².